The van der Waals surface area contributed by atoms with Crippen molar-refractivity contribution in [2.75, 3.05) is 37.6 Å². The molecule has 1 aromatic carbocycles. The number of hydrogen-bond acceptors (Lipinski definition) is 5. The Morgan fingerprint density at radius 3 is 2.39 bits per heavy atom. The number of ether oxygens (including phenoxy) is 1. The van der Waals surface area contributed by atoms with Crippen molar-refractivity contribution >= 4 is 23.3 Å². The standard InChI is InChI=1S/C19H22ClF6N3O2/c20-13-5-3-4-12(15(13)28-7-1-2-8-28)11-29-9-6-27-10-14(29)16(30)31-17(18(21,22)23)19(24,25)26/h3-5,14,17,27H,1-2,6-11H2. The first-order valence-corrected chi connectivity index (χ1v) is 10.2. The Bertz CT molecular complexity index is 769. The summed E-state index contributed by atoms with van der Waals surface area (Å²) in [6, 6.07) is 3.93. The van der Waals surface area contributed by atoms with Crippen molar-refractivity contribution in [3.8, 4) is 0 Å². The molecule has 31 heavy (non-hydrogen) atoms. The van der Waals surface area contributed by atoms with E-state index in [0.717, 1.165) is 37.2 Å². The van der Waals surface area contributed by atoms with Crippen LogP contribution < -0.4 is 10.2 Å². The number of anilines is 1. The summed E-state index contributed by atoms with van der Waals surface area (Å²) in [7, 11) is 0. The van der Waals surface area contributed by atoms with E-state index in [-0.39, 0.29) is 19.6 Å². The van der Waals surface area contributed by atoms with Crippen LogP contribution in [-0.2, 0) is 16.1 Å². The third-order valence-electron chi connectivity index (χ3n) is 5.32. The lowest BCUT2D eigenvalue weighted by Crippen LogP contribution is -2.57. The lowest BCUT2D eigenvalue weighted by molar-refractivity contribution is -0.314. The van der Waals surface area contributed by atoms with Crippen molar-refractivity contribution in [1.82, 2.24) is 10.2 Å². The summed E-state index contributed by atoms with van der Waals surface area (Å²) in [6.45, 7) is 2.27. The van der Waals surface area contributed by atoms with Gasteiger partial charge in [0.15, 0.2) is 0 Å². The predicted octanol–water partition coefficient (Wildman–Crippen LogP) is 3.75. The number of esters is 1. The van der Waals surface area contributed by atoms with Gasteiger partial charge in [0.25, 0.3) is 6.10 Å². The van der Waals surface area contributed by atoms with Crippen LogP contribution >= 0.6 is 11.6 Å². The minimum atomic E-state index is -5.75. The fourth-order valence-electron chi connectivity index (χ4n) is 3.88. The van der Waals surface area contributed by atoms with Gasteiger partial charge in [-0.15, -0.1) is 0 Å². The van der Waals surface area contributed by atoms with Crippen LogP contribution in [0.5, 0.6) is 0 Å². The first-order chi connectivity index (χ1) is 14.5. The van der Waals surface area contributed by atoms with Crippen LogP contribution in [0.2, 0.25) is 5.02 Å². The normalized spacial score (nSPS) is 21.0. The summed E-state index contributed by atoms with van der Waals surface area (Å²) < 4.78 is 80.8. The molecule has 12 heteroatoms. The first kappa shape index (κ1) is 23.9. The fraction of sp³-hybridized carbons (Fsp3) is 0.632. The number of hydrogen-bond donors (Lipinski definition) is 1. The number of carbonyl (C=O) groups excluding carboxylic acids is 1. The molecule has 0 aliphatic carbocycles. The van der Waals surface area contributed by atoms with Gasteiger partial charge in [0.1, 0.15) is 6.04 Å². The summed E-state index contributed by atoms with van der Waals surface area (Å²) >= 11 is 6.38. The maximum atomic E-state index is 12.8. The lowest BCUT2D eigenvalue weighted by atomic mass is 10.1. The number of para-hydroxylation sites is 1. The molecule has 0 amide bonds. The number of alkyl halides is 6. The van der Waals surface area contributed by atoms with Gasteiger partial charge in [0.2, 0.25) is 0 Å². The van der Waals surface area contributed by atoms with E-state index in [9.17, 15) is 31.1 Å². The van der Waals surface area contributed by atoms with Crippen LogP contribution in [0.3, 0.4) is 0 Å². The maximum Gasteiger partial charge on any atom is 0.434 e. The molecule has 2 aliphatic rings. The van der Waals surface area contributed by atoms with Gasteiger partial charge < -0.3 is 15.0 Å². The molecule has 0 aromatic heterocycles. The monoisotopic (exact) mass is 473 g/mol. The van der Waals surface area contributed by atoms with Crippen LogP contribution in [0.15, 0.2) is 18.2 Å². The molecule has 0 bridgehead atoms. The SMILES string of the molecule is O=C(OC(C(F)(F)F)C(F)(F)F)C1CNCCN1Cc1cccc(Cl)c1N1CCCC1. The molecule has 1 unspecified atom stereocenters. The molecule has 2 fully saturated rings. The Morgan fingerprint density at radius 2 is 1.77 bits per heavy atom. The number of piperazine rings is 1. The van der Waals surface area contributed by atoms with Gasteiger partial charge in [-0.1, -0.05) is 23.7 Å². The zero-order chi connectivity index (χ0) is 22.8. The summed E-state index contributed by atoms with van der Waals surface area (Å²) in [5.74, 6) is -1.57. The second-order valence-electron chi connectivity index (χ2n) is 7.53. The van der Waals surface area contributed by atoms with E-state index in [1.54, 1.807) is 18.2 Å². The first-order valence-electron chi connectivity index (χ1n) is 9.79. The summed E-state index contributed by atoms with van der Waals surface area (Å²) in [4.78, 5) is 16.0. The second kappa shape index (κ2) is 9.41. The molecule has 1 N–H and O–H groups in total. The number of nitrogens with one attached hydrogen (secondary N) is 1. The molecule has 0 radical (unpaired) electrons. The van der Waals surface area contributed by atoms with E-state index in [4.69, 9.17) is 11.6 Å². The molecule has 0 saturated carbocycles. The van der Waals surface area contributed by atoms with Crippen molar-refractivity contribution in [3.63, 3.8) is 0 Å². The van der Waals surface area contributed by atoms with Crippen LogP contribution in [0.25, 0.3) is 0 Å². The van der Waals surface area contributed by atoms with E-state index in [0.29, 0.717) is 11.6 Å². The van der Waals surface area contributed by atoms with E-state index < -0.39 is 30.5 Å². The lowest BCUT2D eigenvalue weighted by Gasteiger charge is -2.36. The zero-order valence-electron chi connectivity index (χ0n) is 16.4. The molecule has 2 aliphatic heterocycles. The average Bonchev–Trinajstić information content (AvgIpc) is 3.19. The van der Waals surface area contributed by atoms with Gasteiger partial charge >= 0.3 is 18.3 Å². The van der Waals surface area contributed by atoms with Gasteiger partial charge in [0.05, 0.1) is 10.7 Å². The Kier molecular flexibility index (Phi) is 7.27. The zero-order valence-corrected chi connectivity index (χ0v) is 17.2. The third-order valence-corrected chi connectivity index (χ3v) is 5.63. The van der Waals surface area contributed by atoms with E-state index in [2.05, 4.69) is 15.0 Å². The minimum absolute atomic E-state index is 0.124. The van der Waals surface area contributed by atoms with Gasteiger partial charge in [-0.25, -0.2) is 0 Å². The van der Waals surface area contributed by atoms with Gasteiger partial charge in [-0.05, 0) is 24.5 Å². The number of carbonyl (C=O) groups is 1. The molecular weight excluding hydrogens is 452 g/mol. The van der Waals surface area contributed by atoms with Crippen molar-refractivity contribution in [1.29, 1.82) is 0 Å². The van der Waals surface area contributed by atoms with E-state index in [1.807, 2.05) is 0 Å². The fourth-order valence-corrected chi connectivity index (χ4v) is 4.20. The molecule has 1 atom stereocenters. The van der Waals surface area contributed by atoms with Crippen LogP contribution in [0, 0.1) is 0 Å². The highest BCUT2D eigenvalue weighted by Gasteiger charge is 2.60. The average molecular weight is 474 g/mol. The predicted molar refractivity (Wildman–Crippen MR) is 102 cm³/mol. The van der Waals surface area contributed by atoms with Crippen molar-refractivity contribution in [3.05, 3.63) is 28.8 Å². The van der Waals surface area contributed by atoms with Gasteiger partial charge in [-0.3, -0.25) is 9.69 Å². The van der Waals surface area contributed by atoms with Gasteiger partial charge in [0, 0.05) is 39.3 Å². The Morgan fingerprint density at radius 1 is 1.13 bits per heavy atom. The summed E-state index contributed by atoms with van der Waals surface area (Å²) in [5.41, 5.74) is 1.52. The highest BCUT2D eigenvalue weighted by Crippen LogP contribution is 2.37. The summed E-state index contributed by atoms with van der Waals surface area (Å²) in [5, 5.41) is 3.32. The quantitative estimate of drug-likeness (QED) is 0.521. The van der Waals surface area contributed by atoms with E-state index >= 15 is 0 Å². The summed E-state index contributed by atoms with van der Waals surface area (Å²) in [6.07, 6.45) is -13.7. The van der Waals surface area contributed by atoms with Crippen LogP contribution in [0.4, 0.5) is 32.0 Å². The number of rotatable bonds is 5. The number of halogens is 7. The molecule has 174 valence electrons. The molecule has 1 aromatic rings. The second-order valence-corrected chi connectivity index (χ2v) is 7.94. The van der Waals surface area contributed by atoms with Crippen LogP contribution in [-0.4, -0.2) is 68.1 Å². The minimum Gasteiger partial charge on any atom is -0.442 e. The van der Waals surface area contributed by atoms with Crippen molar-refractivity contribution in [2.24, 2.45) is 0 Å². The largest absolute Gasteiger partial charge is 0.442 e. The Balaban J connectivity index is 1.80. The Labute approximate surface area is 180 Å². The highest BCUT2D eigenvalue weighted by atomic mass is 35.5. The number of benzene rings is 1. The molecular formula is C19H22ClF6N3O2. The molecule has 2 heterocycles. The van der Waals surface area contributed by atoms with E-state index in [1.165, 1.54) is 4.90 Å². The number of nitrogens with zero attached hydrogens (tertiary/aromatic N) is 2. The van der Waals surface area contributed by atoms with Crippen molar-refractivity contribution < 1.29 is 35.9 Å². The third kappa shape index (κ3) is 5.75. The molecule has 5 nitrogen and oxygen atoms in total. The molecule has 2 saturated heterocycles. The Hall–Kier alpha value is -1.72. The highest BCUT2D eigenvalue weighted by molar-refractivity contribution is 6.33. The maximum absolute atomic E-state index is 12.8. The smallest absolute Gasteiger partial charge is 0.434 e. The molecule has 0 spiro atoms. The topological polar surface area (TPSA) is 44.8 Å². The van der Waals surface area contributed by atoms with Crippen LogP contribution in [0.1, 0.15) is 18.4 Å². The van der Waals surface area contributed by atoms with Gasteiger partial charge in [-0.2, -0.15) is 26.3 Å². The van der Waals surface area contributed by atoms with Crippen molar-refractivity contribution in [2.45, 2.75) is 43.9 Å². The molecule has 3 rings (SSSR count).